The van der Waals surface area contributed by atoms with Gasteiger partial charge in [0, 0.05) is 40.9 Å². The van der Waals surface area contributed by atoms with Gasteiger partial charge >= 0.3 is 12.5 Å². The number of fused-ring (bicyclic) bond motifs is 1. The van der Waals surface area contributed by atoms with Crippen LogP contribution in [0.15, 0.2) is 54.2 Å². The molecule has 0 spiro atoms. The van der Waals surface area contributed by atoms with E-state index in [2.05, 4.69) is 9.72 Å². The third-order valence-electron chi connectivity index (χ3n) is 5.29. The molecule has 2 aromatic carbocycles. The number of hydrogen-bond donors (Lipinski definition) is 1. The van der Waals surface area contributed by atoms with Gasteiger partial charge in [-0.1, -0.05) is 0 Å². The molecular weight excluding hydrogens is 480 g/mol. The van der Waals surface area contributed by atoms with Gasteiger partial charge < -0.3 is 14.6 Å². The number of allylic oxidation sites excluding steroid dienone is 1. The molecular formula is C24H15F6NO4. The Morgan fingerprint density at radius 3 is 2.37 bits per heavy atom. The maximum atomic E-state index is 13.3. The number of phenolic OH excluding ortho intramolecular Hbond substituents is 1. The summed E-state index contributed by atoms with van der Waals surface area (Å²) in [5, 5.41) is 10.3. The molecule has 1 aliphatic rings. The first-order valence-electron chi connectivity index (χ1n) is 9.95. The standard InChI is InChI=1S/C24H15F6NO4/c1-34-21-11-16-12(8-17(21)15-5-4-14(10-20(15)32)35-24(28,29)30)7-13(22(16)33)9-19-18(23(25,26)27)3-2-6-31-19/h2-6,8-11,32H,7H2,1H3. The Labute approximate surface area is 194 Å². The summed E-state index contributed by atoms with van der Waals surface area (Å²) in [6.45, 7) is 0. The Morgan fingerprint density at radius 1 is 1.00 bits per heavy atom. The van der Waals surface area contributed by atoms with Crippen molar-refractivity contribution in [3.05, 3.63) is 76.6 Å². The highest BCUT2D eigenvalue weighted by molar-refractivity contribution is 6.16. The summed E-state index contributed by atoms with van der Waals surface area (Å²) < 4.78 is 86.4. The monoisotopic (exact) mass is 495 g/mol. The van der Waals surface area contributed by atoms with Crippen molar-refractivity contribution in [2.45, 2.75) is 19.0 Å². The lowest BCUT2D eigenvalue weighted by molar-refractivity contribution is -0.274. The van der Waals surface area contributed by atoms with Crippen molar-refractivity contribution in [3.8, 4) is 28.4 Å². The number of pyridine rings is 1. The Bertz CT molecular complexity index is 1340. The number of ether oxygens (including phenoxy) is 2. The number of aromatic hydroxyl groups is 1. The van der Waals surface area contributed by atoms with Gasteiger partial charge in [-0.05, 0) is 48.0 Å². The highest BCUT2D eigenvalue weighted by atomic mass is 19.4. The van der Waals surface area contributed by atoms with Crippen LogP contribution in [0, 0.1) is 0 Å². The molecule has 1 aromatic heterocycles. The topological polar surface area (TPSA) is 68.7 Å². The third-order valence-corrected chi connectivity index (χ3v) is 5.29. The average molecular weight is 495 g/mol. The molecule has 1 aliphatic carbocycles. The Kier molecular flexibility index (Phi) is 5.95. The largest absolute Gasteiger partial charge is 0.573 e. The number of hydrogen-bond acceptors (Lipinski definition) is 5. The summed E-state index contributed by atoms with van der Waals surface area (Å²) in [4.78, 5) is 16.7. The molecule has 35 heavy (non-hydrogen) atoms. The molecule has 0 amide bonds. The van der Waals surface area contributed by atoms with Gasteiger partial charge in [-0.3, -0.25) is 9.78 Å². The van der Waals surface area contributed by atoms with Crippen LogP contribution in [0.5, 0.6) is 17.2 Å². The number of rotatable bonds is 4. The minimum absolute atomic E-state index is 0.0188. The van der Waals surface area contributed by atoms with E-state index in [1.807, 2.05) is 0 Å². The van der Waals surface area contributed by atoms with Crippen LogP contribution in [0.4, 0.5) is 26.3 Å². The third kappa shape index (κ3) is 4.93. The fourth-order valence-corrected chi connectivity index (χ4v) is 3.81. The molecule has 0 saturated heterocycles. The van der Waals surface area contributed by atoms with E-state index in [9.17, 15) is 36.2 Å². The van der Waals surface area contributed by atoms with Crippen molar-refractivity contribution in [1.29, 1.82) is 0 Å². The summed E-state index contributed by atoms with van der Waals surface area (Å²) >= 11 is 0. The molecule has 0 saturated carbocycles. The predicted octanol–water partition coefficient (Wildman–Crippen LogP) is 6.20. The normalized spacial score (nSPS) is 14.8. The Balaban J connectivity index is 1.74. The molecule has 0 bridgehead atoms. The molecule has 0 atom stereocenters. The molecule has 0 fully saturated rings. The van der Waals surface area contributed by atoms with Gasteiger partial charge in [-0.25, -0.2) is 0 Å². The molecule has 11 heteroatoms. The van der Waals surface area contributed by atoms with E-state index in [4.69, 9.17) is 4.74 Å². The number of nitrogens with zero attached hydrogens (tertiary/aromatic N) is 1. The second-order valence-electron chi connectivity index (χ2n) is 7.55. The second kappa shape index (κ2) is 8.64. The van der Waals surface area contributed by atoms with Crippen LogP contribution in [-0.2, 0) is 12.6 Å². The van der Waals surface area contributed by atoms with E-state index in [1.165, 1.54) is 31.5 Å². The summed E-state index contributed by atoms with van der Waals surface area (Å²) in [5.41, 5.74) is -0.309. The number of carbonyl (C=O) groups is 1. The summed E-state index contributed by atoms with van der Waals surface area (Å²) in [5.74, 6) is -1.54. The first-order chi connectivity index (χ1) is 16.4. The van der Waals surface area contributed by atoms with Crippen molar-refractivity contribution in [3.63, 3.8) is 0 Å². The smallest absolute Gasteiger partial charge is 0.507 e. The van der Waals surface area contributed by atoms with Gasteiger partial charge in [0.1, 0.15) is 17.2 Å². The number of ketones is 1. The van der Waals surface area contributed by atoms with Gasteiger partial charge in [0.2, 0.25) is 0 Å². The number of benzene rings is 2. The van der Waals surface area contributed by atoms with Crippen molar-refractivity contribution >= 4 is 11.9 Å². The van der Waals surface area contributed by atoms with Crippen LogP contribution in [0.2, 0.25) is 0 Å². The summed E-state index contributed by atoms with van der Waals surface area (Å²) in [6, 6.07) is 7.85. The maximum Gasteiger partial charge on any atom is 0.573 e. The second-order valence-corrected chi connectivity index (χ2v) is 7.55. The number of alkyl halides is 6. The van der Waals surface area contributed by atoms with Crippen LogP contribution in [0.3, 0.4) is 0 Å². The first kappa shape index (κ1) is 24.1. The molecule has 0 unspecified atom stereocenters. The number of phenols is 1. The summed E-state index contributed by atoms with van der Waals surface area (Å²) in [7, 11) is 1.29. The molecule has 1 heterocycles. The van der Waals surface area contributed by atoms with Crippen molar-refractivity contribution in [2.75, 3.05) is 7.11 Å². The average Bonchev–Trinajstić information content (AvgIpc) is 3.06. The molecule has 0 radical (unpaired) electrons. The molecule has 3 aromatic rings. The fourth-order valence-electron chi connectivity index (χ4n) is 3.81. The SMILES string of the molecule is COc1cc2c(cc1-c1ccc(OC(F)(F)F)cc1O)CC(=Cc1ncccc1C(F)(F)F)C2=O. The predicted molar refractivity (Wildman–Crippen MR) is 112 cm³/mol. The zero-order chi connectivity index (χ0) is 25.5. The zero-order valence-electron chi connectivity index (χ0n) is 17.8. The molecule has 0 aliphatic heterocycles. The highest BCUT2D eigenvalue weighted by Crippen LogP contribution is 2.43. The van der Waals surface area contributed by atoms with Gasteiger partial charge in [-0.2, -0.15) is 13.2 Å². The number of methoxy groups -OCH3 is 1. The van der Waals surface area contributed by atoms with Crippen LogP contribution in [0.25, 0.3) is 17.2 Å². The van der Waals surface area contributed by atoms with Crippen LogP contribution < -0.4 is 9.47 Å². The van der Waals surface area contributed by atoms with Crippen molar-refractivity contribution < 1.29 is 45.7 Å². The van der Waals surface area contributed by atoms with E-state index >= 15 is 0 Å². The minimum atomic E-state index is -4.94. The van der Waals surface area contributed by atoms with E-state index in [-0.39, 0.29) is 34.4 Å². The van der Waals surface area contributed by atoms with Gasteiger partial charge in [0.05, 0.1) is 18.4 Å². The Hall–Kier alpha value is -4.02. The zero-order valence-corrected chi connectivity index (χ0v) is 17.8. The molecule has 182 valence electrons. The molecule has 5 nitrogen and oxygen atoms in total. The quantitative estimate of drug-likeness (QED) is 0.345. The highest BCUT2D eigenvalue weighted by Gasteiger charge is 2.35. The number of carbonyl (C=O) groups excluding carboxylic acids is 1. The summed E-state index contributed by atoms with van der Waals surface area (Å²) in [6.07, 6.45) is -7.36. The lowest BCUT2D eigenvalue weighted by Gasteiger charge is -2.14. The van der Waals surface area contributed by atoms with E-state index in [0.717, 1.165) is 30.3 Å². The lowest BCUT2D eigenvalue weighted by Crippen LogP contribution is -2.17. The number of Topliss-reactive ketones (excluding diaryl/α,β-unsaturated/α-hetero) is 1. The van der Waals surface area contributed by atoms with Gasteiger partial charge in [-0.15, -0.1) is 13.2 Å². The van der Waals surface area contributed by atoms with Crippen molar-refractivity contribution in [1.82, 2.24) is 4.98 Å². The Morgan fingerprint density at radius 2 is 1.74 bits per heavy atom. The van der Waals surface area contributed by atoms with Crippen molar-refractivity contribution in [2.24, 2.45) is 0 Å². The van der Waals surface area contributed by atoms with E-state index in [1.54, 1.807) is 0 Å². The fraction of sp³-hybridized carbons (Fsp3) is 0.167. The van der Waals surface area contributed by atoms with E-state index in [0.29, 0.717) is 5.56 Å². The number of halogens is 6. The van der Waals surface area contributed by atoms with Crippen LogP contribution >= 0.6 is 0 Å². The number of aromatic nitrogens is 1. The molecule has 1 N–H and O–H groups in total. The van der Waals surface area contributed by atoms with Crippen LogP contribution in [0.1, 0.15) is 27.2 Å². The van der Waals surface area contributed by atoms with Gasteiger partial charge in [0.25, 0.3) is 0 Å². The van der Waals surface area contributed by atoms with Crippen LogP contribution in [-0.4, -0.2) is 29.3 Å². The minimum Gasteiger partial charge on any atom is -0.507 e. The van der Waals surface area contributed by atoms with E-state index < -0.39 is 41.1 Å². The van der Waals surface area contributed by atoms with Gasteiger partial charge in [0.15, 0.2) is 5.78 Å². The molecule has 4 rings (SSSR count). The first-order valence-corrected chi connectivity index (χ1v) is 9.95. The maximum absolute atomic E-state index is 13.3. The lowest BCUT2D eigenvalue weighted by atomic mass is 9.98.